The van der Waals surface area contributed by atoms with Gasteiger partial charge in [0.05, 0.1) is 38.2 Å². The van der Waals surface area contributed by atoms with Crippen molar-refractivity contribution in [3.8, 4) is 11.5 Å². The first-order chi connectivity index (χ1) is 16.0. The number of carboxylic acids is 1. The van der Waals surface area contributed by atoms with Gasteiger partial charge in [-0.25, -0.2) is 0 Å². The van der Waals surface area contributed by atoms with E-state index in [0.717, 1.165) is 5.56 Å². The maximum Gasteiger partial charge on any atom is 0.320 e. The highest BCUT2D eigenvalue weighted by Gasteiger charge is 2.60. The fraction of sp³-hybridized carbons (Fsp3) is 0.560. The number of hydrogen-bond acceptors (Lipinski definition) is 7. The minimum Gasteiger partial charge on any atom is -0.481 e. The number of amides is 1. The van der Waals surface area contributed by atoms with Crippen LogP contribution >= 0.6 is 0 Å². The van der Waals surface area contributed by atoms with Gasteiger partial charge in [0, 0.05) is 5.70 Å². The number of nitrogens with zero attached hydrogens (tertiary/aromatic N) is 1. The Bertz CT molecular complexity index is 1040. The Morgan fingerprint density at radius 2 is 1.94 bits per heavy atom. The molecule has 0 radical (unpaired) electrons. The van der Waals surface area contributed by atoms with E-state index < -0.39 is 35.8 Å². The molecule has 9 heteroatoms. The Balaban J connectivity index is 1.84. The van der Waals surface area contributed by atoms with Gasteiger partial charge in [0.1, 0.15) is 5.41 Å². The molecule has 0 spiro atoms. The maximum atomic E-state index is 13.6. The molecule has 1 fully saturated rings. The first-order valence-corrected chi connectivity index (χ1v) is 11.3. The van der Waals surface area contributed by atoms with Gasteiger partial charge in [0.25, 0.3) is 0 Å². The van der Waals surface area contributed by atoms with Gasteiger partial charge in [-0.1, -0.05) is 26.8 Å². The summed E-state index contributed by atoms with van der Waals surface area (Å²) in [7, 11) is 1.29. The number of methoxy groups -OCH3 is 1. The van der Waals surface area contributed by atoms with Crippen molar-refractivity contribution in [3.05, 3.63) is 35.5 Å². The molecule has 1 aromatic carbocycles. The molecule has 1 aromatic rings. The number of ether oxygens (including phenoxy) is 4. The molecule has 34 heavy (non-hydrogen) atoms. The van der Waals surface area contributed by atoms with Crippen LogP contribution in [0.1, 0.15) is 46.1 Å². The van der Waals surface area contributed by atoms with Gasteiger partial charge >= 0.3 is 11.9 Å². The first-order valence-electron chi connectivity index (χ1n) is 11.3. The molecule has 0 unspecified atom stereocenters. The van der Waals surface area contributed by atoms with Crippen LogP contribution < -0.4 is 9.47 Å². The lowest BCUT2D eigenvalue weighted by Gasteiger charge is -2.52. The predicted octanol–water partition coefficient (Wildman–Crippen LogP) is 3.12. The lowest BCUT2D eigenvalue weighted by molar-refractivity contribution is -0.181. The van der Waals surface area contributed by atoms with Crippen LogP contribution in [-0.4, -0.2) is 54.0 Å². The van der Waals surface area contributed by atoms with Crippen molar-refractivity contribution in [2.45, 2.75) is 59.3 Å². The minimum absolute atomic E-state index is 0.00626. The van der Waals surface area contributed by atoms with Crippen LogP contribution in [0.3, 0.4) is 0 Å². The quantitative estimate of drug-likeness (QED) is 0.650. The molecule has 0 bridgehead atoms. The van der Waals surface area contributed by atoms with Crippen molar-refractivity contribution in [1.82, 2.24) is 4.90 Å². The number of likely N-dealkylation sites (tertiary alicyclic amines) is 1. The van der Waals surface area contributed by atoms with Crippen molar-refractivity contribution < 1.29 is 38.4 Å². The highest BCUT2D eigenvalue weighted by atomic mass is 16.7. The highest BCUT2D eigenvalue weighted by Crippen LogP contribution is 2.52. The molecule has 3 aliphatic heterocycles. The summed E-state index contributed by atoms with van der Waals surface area (Å²) < 4.78 is 22.4. The van der Waals surface area contributed by atoms with Gasteiger partial charge in [-0.15, -0.1) is 0 Å². The van der Waals surface area contributed by atoms with Crippen LogP contribution in [0.2, 0.25) is 0 Å². The zero-order chi connectivity index (χ0) is 24.8. The third-order valence-electron chi connectivity index (χ3n) is 6.89. The fourth-order valence-electron chi connectivity index (χ4n) is 5.04. The number of esters is 1. The monoisotopic (exact) mass is 473 g/mol. The fourth-order valence-corrected chi connectivity index (χ4v) is 5.04. The second-order valence-electron chi connectivity index (χ2n) is 10.2. The predicted molar refractivity (Wildman–Crippen MR) is 120 cm³/mol. The summed E-state index contributed by atoms with van der Waals surface area (Å²) in [5.41, 5.74) is -0.336. The summed E-state index contributed by atoms with van der Waals surface area (Å²) in [6, 6.07) is 5.39. The van der Waals surface area contributed by atoms with Crippen molar-refractivity contribution in [3.63, 3.8) is 0 Å². The average Bonchev–Trinajstić information content (AvgIpc) is 3.23. The van der Waals surface area contributed by atoms with Gasteiger partial charge in [-0.2, -0.15) is 0 Å². The summed E-state index contributed by atoms with van der Waals surface area (Å²) in [5, 5.41) is 9.49. The Morgan fingerprint density at radius 3 is 2.59 bits per heavy atom. The molecule has 4 rings (SSSR count). The third kappa shape index (κ3) is 4.02. The zero-order valence-electron chi connectivity index (χ0n) is 20.1. The number of benzene rings is 1. The van der Waals surface area contributed by atoms with Crippen molar-refractivity contribution >= 4 is 17.8 Å². The highest BCUT2D eigenvalue weighted by molar-refractivity contribution is 5.92. The topological polar surface area (TPSA) is 112 Å². The lowest BCUT2D eigenvalue weighted by Crippen LogP contribution is -2.60. The molecular formula is C25H31NO8. The van der Waals surface area contributed by atoms with E-state index in [-0.39, 0.29) is 37.2 Å². The molecule has 0 aliphatic carbocycles. The number of carbonyl (C=O) groups is 3. The summed E-state index contributed by atoms with van der Waals surface area (Å²) in [6.45, 7) is 8.11. The van der Waals surface area contributed by atoms with E-state index in [0.29, 0.717) is 17.2 Å². The van der Waals surface area contributed by atoms with Crippen LogP contribution in [0, 0.1) is 16.7 Å². The number of rotatable bonds is 5. The third-order valence-corrected chi connectivity index (χ3v) is 6.89. The maximum absolute atomic E-state index is 13.6. The van der Waals surface area contributed by atoms with E-state index >= 15 is 0 Å². The van der Waals surface area contributed by atoms with Gasteiger partial charge in [0.2, 0.25) is 12.7 Å². The van der Waals surface area contributed by atoms with E-state index in [1.807, 2.05) is 32.9 Å². The number of aliphatic carboxylic acids is 1. The smallest absolute Gasteiger partial charge is 0.320 e. The van der Waals surface area contributed by atoms with Crippen LogP contribution in [0.15, 0.2) is 30.0 Å². The zero-order valence-corrected chi connectivity index (χ0v) is 20.1. The molecule has 4 atom stereocenters. The molecule has 1 amide bonds. The van der Waals surface area contributed by atoms with Crippen molar-refractivity contribution in [2.24, 2.45) is 16.7 Å². The largest absolute Gasteiger partial charge is 0.481 e. The van der Waals surface area contributed by atoms with Crippen LogP contribution in [-0.2, 0) is 30.4 Å². The molecule has 0 saturated carbocycles. The number of piperidine rings is 1. The lowest BCUT2D eigenvalue weighted by atomic mass is 9.65. The molecule has 0 aromatic heterocycles. The van der Waals surface area contributed by atoms with Crippen LogP contribution in [0.5, 0.6) is 11.5 Å². The number of fused-ring (bicyclic) bond motifs is 2. The van der Waals surface area contributed by atoms with Crippen molar-refractivity contribution in [2.75, 3.05) is 13.9 Å². The number of carbonyl (C=O) groups excluding carboxylic acids is 2. The normalized spacial score (nSPS) is 28.3. The standard InChI is InChI=1S/C25H31NO8/c1-14-25(23(30)31-5)11-16(9-21(27)28)22(29)26(19(25)10-20(34-14)24(2,3)4)12-15-6-7-17-18(8-15)33-13-32-17/h6-8,10,14,16,20H,9,11-13H2,1-5H3,(H,27,28)/t14-,16-,20-,25+/m0/s1. The summed E-state index contributed by atoms with van der Waals surface area (Å²) in [6.07, 6.45) is 0.453. The molecule has 1 N–H and O–H groups in total. The molecule has 9 nitrogen and oxygen atoms in total. The Kier molecular flexibility index (Phi) is 6.10. The minimum atomic E-state index is -1.30. The molecule has 184 valence electrons. The van der Waals surface area contributed by atoms with Gasteiger partial charge in [-0.3, -0.25) is 14.4 Å². The van der Waals surface area contributed by atoms with Crippen molar-refractivity contribution in [1.29, 1.82) is 0 Å². The van der Waals surface area contributed by atoms with Crippen LogP contribution in [0.25, 0.3) is 0 Å². The van der Waals surface area contributed by atoms with Gasteiger partial charge in [0.15, 0.2) is 11.5 Å². The SMILES string of the molecule is COC(=O)[C@@]12C[C@H](CC(=O)O)C(=O)N(Cc3ccc4c(c3)OCO4)C1=C[C@@H](C(C)(C)C)O[C@H]2C. The van der Waals surface area contributed by atoms with E-state index in [4.69, 9.17) is 18.9 Å². The summed E-state index contributed by atoms with van der Waals surface area (Å²) >= 11 is 0. The summed E-state index contributed by atoms with van der Waals surface area (Å²) in [4.78, 5) is 40.1. The Morgan fingerprint density at radius 1 is 1.24 bits per heavy atom. The van der Waals surface area contributed by atoms with E-state index in [2.05, 4.69) is 0 Å². The molecule has 1 saturated heterocycles. The Labute approximate surface area is 198 Å². The molecule has 3 aliphatic rings. The molecule has 3 heterocycles. The second kappa shape index (κ2) is 8.61. The van der Waals surface area contributed by atoms with Gasteiger partial charge in [-0.05, 0) is 42.5 Å². The number of carboxylic acid groups (broad SMARTS) is 1. The average molecular weight is 474 g/mol. The summed E-state index contributed by atoms with van der Waals surface area (Å²) in [5.74, 6) is -1.70. The van der Waals surface area contributed by atoms with E-state index in [1.165, 1.54) is 12.0 Å². The van der Waals surface area contributed by atoms with Gasteiger partial charge < -0.3 is 29.0 Å². The van der Waals surface area contributed by atoms with Crippen LogP contribution in [0.4, 0.5) is 0 Å². The van der Waals surface area contributed by atoms with E-state index in [9.17, 15) is 19.5 Å². The Hall–Kier alpha value is -3.07. The van der Waals surface area contributed by atoms with E-state index in [1.54, 1.807) is 19.1 Å². The second-order valence-corrected chi connectivity index (χ2v) is 10.2. The molecular weight excluding hydrogens is 442 g/mol. The number of hydrogen-bond donors (Lipinski definition) is 1. The first kappa shape index (κ1) is 24.1.